The number of nitrogens with zero attached hydrogens (tertiary/aromatic N) is 5. The highest BCUT2D eigenvalue weighted by atomic mass is 32.2. The Hall–Kier alpha value is -3.51. The molecule has 0 bridgehead atoms. The van der Waals surface area contributed by atoms with Gasteiger partial charge >= 0.3 is 0 Å². The van der Waals surface area contributed by atoms with Crippen molar-refractivity contribution < 1.29 is 23.5 Å². The molecule has 202 valence electrons. The molecule has 0 unspecified atom stereocenters. The Kier molecular flexibility index (Phi) is 8.32. The van der Waals surface area contributed by atoms with Gasteiger partial charge < -0.3 is 15.3 Å². The minimum Gasteiger partial charge on any atom is -0.386 e. The van der Waals surface area contributed by atoms with Gasteiger partial charge in [0.1, 0.15) is 12.4 Å². The van der Waals surface area contributed by atoms with Crippen molar-refractivity contribution in [3.63, 3.8) is 0 Å². The maximum atomic E-state index is 14.1. The summed E-state index contributed by atoms with van der Waals surface area (Å²) in [5.41, 5.74) is 2.95. The van der Waals surface area contributed by atoms with Gasteiger partial charge in [-0.15, -0.1) is 0 Å². The van der Waals surface area contributed by atoms with E-state index in [0.29, 0.717) is 34.1 Å². The van der Waals surface area contributed by atoms with Crippen LogP contribution < -0.4 is 10.2 Å². The number of pyridine rings is 1. The number of halogens is 2. The van der Waals surface area contributed by atoms with E-state index in [-0.39, 0.29) is 25.8 Å². The minimum absolute atomic E-state index is 0.0838. The SMILES string of the molecule is Cc1c(-c2cnn(C)c2)cnc(N2CCCC(F)(F)CC2)c1C(=O)Nc1cccc([S@](C)=NC(=O)CO)c1. The number of amides is 2. The molecule has 12 heteroatoms. The third-order valence-electron chi connectivity index (χ3n) is 6.39. The molecule has 0 saturated carbocycles. The Morgan fingerprint density at radius 3 is 2.74 bits per heavy atom. The van der Waals surface area contributed by atoms with Gasteiger partial charge in [-0.2, -0.15) is 9.46 Å². The van der Waals surface area contributed by atoms with Crippen LogP contribution in [0.3, 0.4) is 0 Å². The van der Waals surface area contributed by atoms with Crippen LogP contribution in [0.25, 0.3) is 11.1 Å². The van der Waals surface area contributed by atoms with Crippen molar-refractivity contribution in [2.75, 3.05) is 36.2 Å². The zero-order chi connectivity index (χ0) is 27.4. The van der Waals surface area contributed by atoms with Crippen LogP contribution in [0.4, 0.5) is 20.3 Å². The zero-order valence-electron chi connectivity index (χ0n) is 21.4. The third kappa shape index (κ3) is 6.30. The molecule has 2 N–H and O–H groups in total. The number of hydrogen-bond donors (Lipinski definition) is 2. The molecule has 4 rings (SSSR count). The van der Waals surface area contributed by atoms with E-state index in [1.54, 1.807) is 59.5 Å². The number of aliphatic hydroxyl groups excluding tert-OH is 1. The Morgan fingerprint density at radius 2 is 2.03 bits per heavy atom. The van der Waals surface area contributed by atoms with Gasteiger partial charge in [-0.25, -0.2) is 13.8 Å². The van der Waals surface area contributed by atoms with Crippen LogP contribution >= 0.6 is 0 Å². The average molecular weight is 545 g/mol. The number of carbonyl (C=O) groups is 2. The highest BCUT2D eigenvalue weighted by Gasteiger charge is 2.33. The van der Waals surface area contributed by atoms with Gasteiger partial charge in [0.15, 0.2) is 0 Å². The van der Waals surface area contributed by atoms with Gasteiger partial charge in [0, 0.05) is 67.1 Å². The minimum atomic E-state index is -2.75. The van der Waals surface area contributed by atoms with E-state index in [1.165, 1.54) is 0 Å². The molecule has 0 spiro atoms. The molecule has 3 aromatic rings. The molecule has 3 heterocycles. The Morgan fingerprint density at radius 1 is 1.24 bits per heavy atom. The fraction of sp³-hybridized carbons (Fsp3) is 0.385. The maximum Gasteiger partial charge on any atom is 0.277 e. The number of benzene rings is 1. The van der Waals surface area contributed by atoms with E-state index in [4.69, 9.17) is 5.11 Å². The van der Waals surface area contributed by atoms with Crippen LogP contribution in [0.5, 0.6) is 0 Å². The van der Waals surface area contributed by atoms with Crippen LogP contribution in [0.1, 0.15) is 35.2 Å². The fourth-order valence-corrected chi connectivity index (χ4v) is 5.46. The summed E-state index contributed by atoms with van der Waals surface area (Å²) in [6.07, 6.45) is 6.68. The molecule has 2 aromatic heterocycles. The number of anilines is 2. The van der Waals surface area contributed by atoms with Crippen molar-refractivity contribution in [2.24, 2.45) is 11.4 Å². The molecule has 1 aromatic carbocycles. The predicted molar refractivity (Wildman–Crippen MR) is 143 cm³/mol. The van der Waals surface area contributed by atoms with Gasteiger partial charge in [0.2, 0.25) is 5.92 Å². The van der Waals surface area contributed by atoms with E-state index >= 15 is 0 Å². The van der Waals surface area contributed by atoms with Gasteiger partial charge in [-0.1, -0.05) is 16.8 Å². The topological polar surface area (TPSA) is 113 Å². The summed E-state index contributed by atoms with van der Waals surface area (Å²) in [5, 5.41) is 16.1. The van der Waals surface area contributed by atoms with Gasteiger partial charge in [-0.05, 0) is 43.4 Å². The van der Waals surface area contributed by atoms with E-state index in [2.05, 4.69) is 19.8 Å². The lowest BCUT2D eigenvalue weighted by Gasteiger charge is -2.26. The maximum absolute atomic E-state index is 14.1. The molecule has 1 saturated heterocycles. The second kappa shape index (κ2) is 11.5. The number of carbonyl (C=O) groups excluding carboxylic acids is 2. The number of nitrogens with one attached hydrogen (secondary N) is 1. The molecule has 38 heavy (non-hydrogen) atoms. The van der Waals surface area contributed by atoms with E-state index in [0.717, 1.165) is 11.1 Å². The smallest absolute Gasteiger partial charge is 0.277 e. The first kappa shape index (κ1) is 27.5. The lowest BCUT2D eigenvalue weighted by atomic mass is 9.99. The summed E-state index contributed by atoms with van der Waals surface area (Å²) in [6.45, 7) is 1.59. The standard InChI is InChI=1S/C26H30F2N6O3S/c1-17-21(18-13-30-33(2)15-18)14-29-24(34-10-5-8-26(27,28)9-11-34)23(17)25(37)31-19-6-4-7-20(12-19)38(3)32-22(36)16-35/h4,6-7,12-15,35H,5,8-11,16H2,1-3H3,(H,31,37)/t38-/m0/s1. The first-order valence-electron chi connectivity index (χ1n) is 12.1. The summed E-state index contributed by atoms with van der Waals surface area (Å²) in [5.74, 6) is -3.43. The summed E-state index contributed by atoms with van der Waals surface area (Å²) < 4.78 is 33.8. The Bertz CT molecular complexity index is 1390. The van der Waals surface area contributed by atoms with E-state index in [9.17, 15) is 18.4 Å². The number of hydrogen-bond acceptors (Lipinski definition) is 6. The fourth-order valence-electron chi connectivity index (χ4n) is 4.41. The molecule has 1 aliphatic rings. The van der Waals surface area contributed by atoms with Gasteiger partial charge in [0.25, 0.3) is 11.8 Å². The molecule has 0 aliphatic carbocycles. The zero-order valence-corrected chi connectivity index (χ0v) is 22.3. The van der Waals surface area contributed by atoms with Crippen molar-refractivity contribution in [3.8, 4) is 11.1 Å². The van der Waals surface area contributed by atoms with Crippen LogP contribution in [0.2, 0.25) is 0 Å². The third-order valence-corrected chi connectivity index (χ3v) is 7.80. The summed E-state index contributed by atoms with van der Waals surface area (Å²) in [7, 11) is 0.974. The largest absolute Gasteiger partial charge is 0.386 e. The lowest BCUT2D eigenvalue weighted by molar-refractivity contribution is -0.120. The predicted octanol–water partition coefficient (Wildman–Crippen LogP) is 3.98. The molecule has 1 atom stereocenters. The first-order valence-corrected chi connectivity index (χ1v) is 13.7. The Balaban J connectivity index is 1.72. The summed E-state index contributed by atoms with van der Waals surface area (Å²) in [4.78, 5) is 32.4. The normalized spacial score (nSPS) is 16.2. The van der Waals surface area contributed by atoms with E-state index < -0.39 is 35.0 Å². The number of alkyl halides is 2. The summed E-state index contributed by atoms with van der Waals surface area (Å²) >= 11 is 0. The van der Waals surface area contributed by atoms with Crippen molar-refractivity contribution in [1.82, 2.24) is 14.8 Å². The van der Waals surface area contributed by atoms with Crippen molar-refractivity contribution in [3.05, 3.63) is 54.0 Å². The molecule has 1 aliphatic heterocycles. The van der Waals surface area contributed by atoms with Crippen LogP contribution in [-0.2, 0) is 22.5 Å². The molecular formula is C26H30F2N6O3S. The lowest BCUT2D eigenvalue weighted by Crippen LogP contribution is -2.30. The quantitative estimate of drug-likeness (QED) is 0.486. The monoisotopic (exact) mass is 544 g/mol. The van der Waals surface area contributed by atoms with Crippen LogP contribution in [0.15, 0.2) is 52.1 Å². The Labute approximate surface area is 222 Å². The molecule has 1 fully saturated rings. The number of aliphatic hydroxyl groups is 1. The number of aryl methyl sites for hydroxylation is 1. The highest BCUT2D eigenvalue weighted by Crippen LogP contribution is 2.34. The second-order valence-corrected chi connectivity index (χ2v) is 10.8. The average Bonchev–Trinajstić information content (AvgIpc) is 3.22. The van der Waals surface area contributed by atoms with Gasteiger partial charge in [0.05, 0.1) is 11.8 Å². The van der Waals surface area contributed by atoms with Gasteiger partial charge in [-0.3, -0.25) is 14.3 Å². The molecule has 9 nitrogen and oxygen atoms in total. The second-order valence-electron chi connectivity index (χ2n) is 9.20. The molecule has 0 radical (unpaired) electrons. The van der Waals surface area contributed by atoms with Crippen molar-refractivity contribution >= 4 is 34.0 Å². The van der Waals surface area contributed by atoms with Crippen LogP contribution in [-0.4, -0.2) is 63.6 Å². The van der Waals surface area contributed by atoms with Crippen LogP contribution in [0, 0.1) is 6.92 Å². The molecule has 2 amide bonds. The first-order chi connectivity index (χ1) is 18.1. The highest BCUT2D eigenvalue weighted by molar-refractivity contribution is 7.87. The molecular weight excluding hydrogens is 514 g/mol. The number of rotatable bonds is 6. The van der Waals surface area contributed by atoms with Crippen molar-refractivity contribution in [1.29, 1.82) is 0 Å². The summed E-state index contributed by atoms with van der Waals surface area (Å²) in [6, 6.07) is 6.95. The van der Waals surface area contributed by atoms with E-state index in [1.807, 2.05) is 13.1 Å². The number of aromatic nitrogens is 3. The van der Waals surface area contributed by atoms with Crippen molar-refractivity contribution in [2.45, 2.75) is 37.0 Å².